The summed E-state index contributed by atoms with van der Waals surface area (Å²) >= 11 is 6.45. The molecule has 2 rings (SSSR count). The summed E-state index contributed by atoms with van der Waals surface area (Å²) in [5.74, 6) is -1.17. The highest BCUT2D eigenvalue weighted by molar-refractivity contribution is 8.23. The first-order valence-corrected chi connectivity index (χ1v) is 9.07. The Morgan fingerprint density at radius 3 is 2.96 bits per heavy atom. The predicted molar refractivity (Wildman–Crippen MR) is 96.9 cm³/mol. The Bertz CT molecular complexity index is 631. The van der Waals surface area contributed by atoms with Crippen LogP contribution in [0.1, 0.15) is 0 Å². The van der Waals surface area contributed by atoms with Crippen LogP contribution in [0.25, 0.3) is 0 Å². The lowest BCUT2D eigenvalue weighted by molar-refractivity contribution is -0.137. The normalized spacial score (nSPS) is 17.3. The van der Waals surface area contributed by atoms with E-state index in [0.29, 0.717) is 24.0 Å². The Morgan fingerprint density at radius 1 is 1.48 bits per heavy atom. The van der Waals surface area contributed by atoms with Crippen molar-refractivity contribution in [2.45, 2.75) is 6.10 Å². The lowest BCUT2D eigenvalue weighted by Gasteiger charge is -2.33. The summed E-state index contributed by atoms with van der Waals surface area (Å²) in [6.45, 7) is 1.23. The number of thiocarbonyl (C=S) groups is 1. The second kappa shape index (κ2) is 9.30. The molecule has 5 nitrogen and oxygen atoms in total. The fraction of sp³-hybridized carbons (Fsp3) is 0.500. The molecule has 1 fully saturated rings. The lowest BCUT2D eigenvalue weighted by atomic mass is 10.2. The summed E-state index contributed by atoms with van der Waals surface area (Å²) in [5, 5.41) is 0. The van der Waals surface area contributed by atoms with Gasteiger partial charge in [-0.15, -0.1) is 0 Å². The maximum Gasteiger partial charge on any atom is 0.233 e. The monoisotopic (exact) mass is 390 g/mol. The zero-order valence-electron chi connectivity index (χ0n) is 14.0. The van der Waals surface area contributed by atoms with Crippen molar-refractivity contribution >= 4 is 34.2 Å². The van der Waals surface area contributed by atoms with Crippen LogP contribution in [-0.2, 0) is 9.53 Å². The van der Waals surface area contributed by atoms with E-state index >= 15 is 0 Å². The number of hydrogen-bond donors (Lipinski definition) is 0. The van der Waals surface area contributed by atoms with Crippen molar-refractivity contribution in [2.24, 2.45) is 0 Å². The van der Waals surface area contributed by atoms with E-state index < -0.39 is 17.7 Å². The number of amides is 1. The van der Waals surface area contributed by atoms with Gasteiger partial charge in [-0.3, -0.25) is 4.79 Å². The maximum absolute atomic E-state index is 13.6. The number of nitrogens with zero attached hydrogens (tertiary/aromatic N) is 2. The zero-order valence-corrected chi connectivity index (χ0v) is 15.7. The van der Waals surface area contributed by atoms with E-state index in [1.54, 1.807) is 9.80 Å². The summed E-state index contributed by atoms with van der Waals surface area (Å²) in [5.41, 5.74) is 0. The standard InChI is InChI=1S/C16H20F2N2O3S2/c1-19(2)16(24)25-10-15(21)20-5-6-22-12(8-20)9-23-14-7-11(17)3-4-13(14)18/h3-4,7,12H,5-6,8-10H2,1-2H3. The summed E-state index contributed by atoms with van der Waals surface area (Å²) in [7, 11) is 3.65. The molecule has 1 heterocycles. The molecule has 0 radical (unpaired) electrons. The van der Waals surface area contributed by atoms with Gasteiger partial charge in [0.2, 0.25) is 5.91 Å². The van der Waals surface area contributed by atoms with Gasteiger partial charge in [0.05, 0.1) is 18.9 Å². The van der Waals surface area contributed by atoms with E-state index in [2.05, 4.69) is 0 Å². The summed E-state index contributed by atoms with van der Waals surface area (Å²) in [6, 6.07) is 3.02. The van der Waals surface area contributed by atoms with Gasteiger partial charge in [0.1, 0.15) is 22.8 Å². The third-order valence-electron chi connectivity index (χ3n) is 3.49. The van der Waals surface area contributed by atoms with Crippen LogP contribution in [0.3, 0.4) is 0 Å². The van der Waals surface area contributed by atoms with Crippen molar-refractivity contribution in [2.75, 3.05) is 46.2 Å². The van der Waals surface area contributed by atoms with E-state index in [0.717, 1.165) is 18.2 Å². The highest BCUT2D eigenvalue weighted by atomic mass is 32.2. The fourth-order valence-corrected chi connectivity index (χ4v) is 3.03. The second-order valence-corrected chi connectivity index (χ2v) is 7.28. The van der Waals surface area contributed by atoms with Gasteiger partial charge in [0.15, 0.2) is 11.6 Å². The van der Waals surface area contributed by atoms with Crippen LogP contribution in [0, 0.1) is 11.6 Å². The van der Waals surface area contributed by atoms with Gasteiger partial charge in [0.25, 0.3) is 0 Å². The first-order valence-electron chi connectivity index (χ1n) is 7.68. The molecule has 1 aliphatic heterocycles. The highest BCUT2D eigenvalue weighted by Gasteiger charge is 2.25. The van der Waals surface area contributed by atoms with Crippen LogP contribution in [0.15, 0.2) is 18.2 Å². The quantitative estimate of drug-likeness (QED) is 0.718. The SMILES string of the molecule is CN(C)C(=S)SCC(=O)N1CCOC(COc2cc(F)ccc2F)C1. The van der Waals surface area contributed by atoms with Crippen molar-refractivity contribution in [3.8, 4) is 5.75 Å². The van der Waals surface area contributed by atoms with Gasteiger partial charge in [-0.25, -0.2) is 8.78 Å². The molecular weight excluding hydrogens is 370 g/mol. The zero-order chi connectivity index (χ0) is 18.4. The minimum Gasteiger partial charge on any atom is -0.488 e. The first-order chi connectivity index (χ1) is 11.9. The average Bonchev–Trinajstić information content (AvgIpc) is 2.60. The molecule has 25 heavy (non-hydrogen) atoms. The molecule has 1 unspecified atom stereocenters. The summed E-state index contributed by atoms with van der Waals surface area (Å²) in [6.07, 6.45) is -0.397. The van der Waals surface area contributed by atoms with Gasteiger partial charge in [-0.2, -0.15) is 0 Å². The molecule has 0 saturated carbocycles. The fourth-order valence-electron chi connectivity index (χ4n) is 2.16. The van der Waals surface area contributed by atoms with Crippen LogP contribution >= 0.6 is 24.0 Å². The number of halogens is 2. The van der Waals surface area contributed by atoms with Crippen LogP contribution in [-0.4, -0.2) is 72.3 Å². The number of ether oxygens (including phenoxy) is 2. The third kappa shape index (κ3) is 6.09. The van der Waals surface area contributed by atoms with Crippen molar-refractivity contribution in [3.63, 3.8) is 0 Å². The number of thioether (sulfide) groups is 1. The summed E-state index contributed by atoms with van der Waals surface area (Å²) in [4.78, 5) is 15.7. The third-order valence-corrected chi connectivity index (χ3v) is 5.22. The van der Waals surface area contributed by atoms with E-state index in [1.165, 1.54) is 11.8 Å². The first kappa shape index (κ1) is 19.9. The van der Waals surface area contributed by atoms with E-state index in [-0.39, 0.29) is 24.0 Å². The molecule has 0 spiro atoms. The van der Waals surface area contributed by atoms with Crippen molar-refractivity contribution in [1.29, 1.82) is 0 Å². The topological polar surface area (TPSA) is 42.0 Å². The second-order valence-electron chi connectivity index (χ2n) is 5.67. The number of morpholine rings is 1. The minimum atomic E-state index is -0.640. The van der Waals surface area contributed by atoms with Crippen molar-refractivity contribution in [1.82, 2.24) is 9.80 Å². The molecule has 1 atom stereocenters. The smallest absolute Gasteiger partial charge is 0.233 e. The van der Waals surface area contributed by atoms with Crippen LogP contribution in [0.4, 0.5) is 8.78 Å². The minimum absolute atomic E-state index is 0.0351. The Kier molecular flexibility index (Phi) is 7.39. The Labute approximate surface area is 155 Å². The van der Waals surface area contributed by atoms with E-state index in [4.69, 9.17) is 21.7 Å². The van der Waals surface area contributed by atoms with Gasteiger partial charge in [-0.1, -0.05) is 24.0 Å². The van der Waals surface area contributed by atoms with Gasteiger partial charge in [0, 0.05) is 26.7 Å². The molecule has 9 heteroatoms. The van der Waals surface area contributed by atoms with Crippen LogP contribution in [0.5, 0.6) is 5.75 Å². The number of carbonyl (C=O) groups excluding carboxylic acids is 1. The molecule has 0 N–H and O–H groups in total. The molecule has 1 aromatic rings. The number of rotatable bonds is 5. The highest BCUT2D eigenvalue weighted by Crippen LogP contribution is 2.19. The molecular formula is C16H20F2N2O3S2. The molecule has 1 saturated heterocycles. The molecule has 0 aliphatic carbocycles. The number of carbonyl (C=O) groups is 1. The molecule has 1 amide bonds. The van der Waals surface area contributed by atoms with Gasteiger partial charge in [-0.05, 0) is 12.1 Å². The average molecular weight is 390 g/mol. The van der Waals surface area contributed by atoms with Crippen molar-refractivity contribution in [3.05, 3.63) is 29.8 Å². The van der Waals surface area contributed by atoms with Crippen molar-refractivity contribution < 1.29 is 23.0 Å². The lowest BCUT2D eigenvalue weighted by Crippen LogP contribution is -2.48. The Morgan fingerprint density at radius 2 is 2.24 bits per heavy atom. The van der Waals surface area contributed by atoms with E-state index in [9.17, 15) is 13.6 Å². The van der Waals surface area contributed by atoms with Crippen LogP contribution < -0.4 is 4.74 Å². The Balaban J connectivity index is 1.83. The number of benzene rings is 1. The van der Waals surface area contributed by atoms with Crippen LogP contribution in [0.2, 0.25) is 0 Å². The summed E-state index contributed by atoms with van der Waals surface area (Å²) < 4.78 is 38.2. The molecule has 138 valence electrons. The van der Waals surface area contributed by atoms with Gasteiger partial charge < -0.3 is 19.3 Å². The Hall–Kier alpha value is -1.45. The maximum atomic E-state index is 13.6. The van der Waals surface area contributed by atoms with Gasteiger partial charge >= 0.3 is 0 Å². The number of hydrogen-bond acceptors (Lipinski definition) is 5. The predicted octanol–water partition coefficient (Wildman–Crippen LogP) is 2.15. The largest absolute Gasteiger partial charge is 0.488 e. The molecule has 1 aliphatic rings. The molecule has 0 aromatic heterocycles. The molecule has 1 aromatic carbocycles. The van der Waals surface area contributed by atoms with E-state index in [1.807, 2.05) is 14.1 Å². The molecule has 0 bridgehead atoms.